The predicted molar refractivity (Wildman–Crippen MR) is 79.7 cm³/mol. The van der Waals surface area contributed by atoms with Gasteiger partial charge in [0.1, 0.15) is 0 Å². The summed E-state index contributed by atoms with van der Waals surface area (Å²) in [6.45, 7) is 5.92. The third-order valence-corrected chi connectivity index (χ3v) is 3.87. The third-order valence-electron chi connectivity index (χ3n) is 3.60. The maximum Gasteiger partial charge on any atom is 0.0367 e. The Morgan fingerprint density at radius 3 is 2.28 bits per heavy atom. The van der Waals surface area contributed by atoms with Gasteiger partial charge in [0, 0.05) is 37.7 Å². The molecule has 18 heavy (non-hydrogen) atoms. The first-order valence-corrected chi connectivity index (χ1v) is 7.52. The zero-order valence-corrected chi connectivity index (χ0v) is 11.8. The van der Waals surface area contributed by atoms with Crippen LogP contribution in [0.3, 0.4) is 0 Å². The highest BCUT2D eigenvalue weighted by Crippen LogP contribution is 2.15. The molecule has 0 atom stereocenters. The van der Waals surface area contributed by atoms with Crippen LogP contribution >= 0.6 is 11.6 Å². The van der Waals surface area contributed by atoms with Crippen LogP contribution in [0.1, 0.15) is 19.3 Å². The molecule has 0 aliphatic carbocycles. The van der Waals surface area contributed by atoms with E-state index in [0.717, 1.165) is 25.4 Å². The summed E-state index contributed by atoms with van der Waals surface area (Å²) < 4.78 is 0. The van der Waals surface area contributed by atoms with Gasteiger partial charge in [-0.15, -0.1) is 11.6 Å². The Kier molecular flexibility index (Phi) is 5.82. The summed E-state index contributed by atoms with van der Waals surface area (Å²) in [4.78, 5) is 5.06. The summed E-state index contributed by atoms with van der Waals surface area (Å²) >= 11 is 5.69. The SMILES string of the molecule is ClCCCCCN1CCN(c2ccccc2)CC1. The van der Waals surface area contributed by atoms with Crippen LogP contribution < -0.4 is 4.90 Å². The fraction of sp³-hybridized carbons (Fsp3) is 0.600. The molecule has 0 saturated carbocycles. The van der Waals surface area contributed by atoms with E-state index in [1.807, 2.05) is 0 Å². The number of benzene rings is 1. The molecule has 1 aliphatic rings. The van der Waals surface area contributed by atoms with Crippen molar-refractivity contribution in [3.8, 4) is 0 Å². The monoisotopic (exact) mass is 266 g/mol. The molecule has 0 bridgehead atoms. The van der Waals surface area contributed by atoms with E-state index in [0.29, 0.717) is 0 Å². The Hall–Kier alpha value is -0.730. The molecule has 1 fully saturated rings. The number of para-hydroxylation sites is 1. The molecule has 1 heterocycles. The highest BCUT2D eigenvalue weighted by atomic mass is 35.5. The van der Waals surface area contributed by atoms with E-state index in [1.54, 1.807) is 0 Å². The lowest BCUT2D eigenvalue weighted by Crippen LogP contribution is -2.46. The molecule has 0 unspecified atom stereocenters. The minimum atomic E-state index is 0.807. The molecule has 3 heteroatoms. The lowest BCUT2D eigenvalue weighted by molar-refractivity contribution is 0.253. The van der Waals surface area contributed by atoms with Crippen LogP contribution in [0, 0.1) is 0 Å². The van der Waals surface area contributed by atoms with E-state index in [9.17, 15) is 0 Å². The van der Waals surface area contributed by atoms with E-state index < -0.39 is 0 Å². The van der Waals surface area contributed by atoms with Crippen LogP contribution in [-0.2, 0) is 0 Å². The maximum atomic E-state index is 5.69. The van der Waals surface area contributed by atoms with Gasteiger partial charge in [-0.1, -0.05) is 24.6 Å². The number of piperazine rings is 1. The van der Waals surface area contributed by atoms with Crippen molar-refractivity contribution in [2.45, 2.75) is 19.3 Å². The quantitative estimate of drug-likeness (QED) is 0.576. The number of halogens is 1. The van der Waals surface area contributed by atoms with Crippen molar-refractivity contribution in [1.82, 2.24) is 4.90 Å². The normalized spacial score (nSPS) is 17.1. The molecule has 100 valence electrons. The number of rotatable bonds is 6. The van der Waals surface area contributed by atoms with Crippen molar-refractivity contribution in [2.75, 3.05) is 43.5 Å². The average Bonchev–Trinajstić information content (AvgIpc) is 2.45. The second kappa shape index (κ2) is 7.65. The van der Waals surface area contributed by atoms with E-state index in [2.05, 4.69) is 40.1 Å². The summed E-state index contributed by atoms with van der Waals surface area (Å²) in [6, 6.07) is 10.7. The molecule has 1 aromatic carbocycles. The molecule has 0 radical (unpaired) electrons. The molecule has 0 spiro atoms. The first-order valence-electron chi connectivity index (χ1n) is 6.98. The van der Waals surface area contributed by atoms with Crippen molar-refractivity contribution < 1.29 is 0 Å². The van der Waals surface area contributed by atoms with E-state index in [4.69, 9.17) is 11.6 Å². The molecule has 2 rings (SSSR count). The molecular formula is C15H23ClN2. The molecule has 0 amide bonds. The average molecular weight is 267 g/mol. The van der Waals surface area contributed by atoms with Gasteiger partial charge in [0.25, 0.3) is 0 Å². The standard InChI is InChI=1S/C15H23ClN2/c16-9-5-2-6-10-17-11-13-18(14-12-17)15-7-3-1-4-8-15/h1,3-4,7-8H,2,5-6,9-14H2. The Balaban J connectivity index is 1.68. The van der Waals surface area contributed by atoms with Gasteiger partial charge in [-0.25, -0.2) is 0 Å². The van der Waals surface area contributed by atoms with Crippen LogP contribution in [0.4, 0.5) is 5.69 Å². The Morgan fingerprint density at radius 1 is 0.889 bits per heavy atom. The molecule has 0 N–H and O–H groups in total. The minimum Gasteiger partial charge on any atom is -0.369 e. The highest BCUT2D eigenvalue weighted by molar-refractivity contribution is 6.17. The summed E-state index contributed by atoms with van der Waals surface area (Å²) in [5, 5.41) is 0. The van der Waals surface area contributed by atoms with Gasteiger partial charge in [0.15, 0.2) is 0 Å². The van der Waals surface area contributed by atoms with Gasteiger partial charge in [-0.2, -0.15) is 0 Å². The third kappa shape index (κ3) is 4.18. The van der Waals surface area contributed by atoms with Gasteiger partial charge in [-0.05, 0) is 31.5 Å². The Bertz CT molecular complexity index is 321. The van der Waals surface area contributed by atoms with Gasteiger partial charge >= 0.3 is 0 Å². The van der Waals surface area contributed by atoms with E-state index in [-0.39, 0.29) is 0 Å². The topological polar surface area (TPSA) is 6.48 Å². The zero-order chi connectivity index (χ0) is 12.6. The number of hydrogen-bond donors (Lipinski definition) is 0. The van der Waals surface area contributed by atoms with E-state index in [1.165, 1.54) is 38.2 Å². The molecule has 1 aromatic rings. The summed E-state index contributed by atoms with van der Waals surface area (Å²) in [6.07, 6.45) is 3.71. The Morgan fingerprint density at radius 2 is 1.61 bits per heavy atom. The van der Waals surface area contributed by atoms with Gasteiger partial charge in [0.05, 0.1) is 0 Å². The molecule has 1 aliphatic heterocycles. The van der Waals surface area contributed by atoms with E-state index >= 15 is 0 Å². The molecular weight excluding hydrogens is 244 g/mol. The van der Waals surface area contributed by atoms with Crippen molar-refractivity contribution in [1.29, 1.82) is 0 Å². The molecule has 0 aromatic heterocycles. The summed E-state index contributed by atoms with van der Waals surface area (Å²) in [5.41, 5.74) is 1.36. The number of unbranched alkanes of at least 4 members (excludes halogenated alkanes) is 2. The lowest BCUT2D eigenvalue weighted by atomic mass is 10.2. The summed E-state index contributed by atoms with van der Waals surface area (Å²) in [5.74, 6) is 0.807. The van der Waals surface area contributed by atoms with Crippen LogP contribution in [-0.4, -0.2) is 43.5 Å². The van der Waals surface area contributed by atoms with Gasteiger partial charge < -0.3 is 4.90 Å². The molecule has 1 saturated heterocycles. The minimum absolute atomic E-state index is 0.807. The van der Waals surface area contributed by atoms with Gasteiger partial charge in [0.2, 0.25) is 0 Å². The number of alkyl halides is 1. The first kappa shape index (κ1) is 13.7. The number of hydrogen-bond acceptors (Lipinski definition) is 2. The predicted octanol–water partition coefficient (Wildman–Crippen LogP) is 3.22. The number of anilines is 1. The van der Waals surface area contributed by atoms with Crippen LogP contribution in [0.15, 0.2) is 30.3 Å². The van der Waals surface area contributed by atoms with Crippen LogP contribution in [0.5, 0.6) is 0 Å². The molecule has 2 nitrogen and oxygen atoms in total. The zero-order valence-electron chi connectivity index (χ0n) is 11.0. The second-order valence-corrected chi connectivity index (χ2v) is 5.29. The van der Waals surface area contributed by atoms with Crippen molar-refractivity contribution in [3.05, 3.63) is 30.3 Å². The fourth-order valence-corrected chi connectivity index (χ4v) is 2.66. The van der Waals surface area contributed by atoms with Gasteiger partial charge in [-0.3, -0.25) is 4.90 Å². The van der Waals surface area contributed by atoms with Crippen molar-refractivity contribution in [2.24, 2.45) is 0 Å². The summed E-state index contributed by atoms with van der Waals surface area (Å²) in [7, 11) is 0. The lowest BCUT2D eigenvalue weighted by Gasteiger charge is -2.36. The smallest absolute Gasteiger partial charge is 0.0367 e. The van der Waals surface area contributed by atoms with Crippen molar-refractivity contribution >= 4 is 17.3 Å². The maximum absolute atomic E-state index is 5.69. The number of nitrogens with zero attached hydrogens (tertiary/aromatic N) is 2. The van der Waals surface area contributed by atoms with Crippen molar-refractivity contribution in [3.63, 3.8) is 0 Å². The second-order valence-electron chi connectivity index (χ2n) is 4.91. The Labute approximate surface area is 116 Å². The van der Waals surface area contributed by atoms with Crippen LogP contribution in [0.25, 0.3) is 0 Å². The fourth-order valence-electron chi connectivity index (χ4n) is 2.48. The highest BCUT2D eigenvalue weighted by Gasteiger charge is 2.16. The van der Waals surface area contributed by atoms with Crippen LogP contribution in [0.2, 0.25) is 0 Å². The largest absolute Gasteiger partial charge is 0.369 e. The first-order chi connectivity index (χ1) is 8.90.